The van der Waals surface area contributed by atoms with Crippen molar-refractivity contribution >= 4 is 33.4 Å². The van der Waals surface area contributed by atoms with Crippen molar-refractivity contribution in [1.82, 2.24) is 9.29 Å². The number of carboxylic acids is 1. The molecule has 0 bridgehead atoms. The number of nitrogens with zero attached hydrogens (tertiary/aromatic N) is 2. The minimum atomic E-state index is -3.31. The molecule has 0 saturated heterocycles. The predicted octanol–water partition coefficient (Wildman–Crippen LogP) is 0.736. The molecular weight excluding hydrogens is 294 g/mol. The van der Waals surface area contributed by atoms with E-state index in [0.717, 1.165) is 4.31 Å². The van der Waals surface area contributed by atoms with Gasteiger partial charge < -0.3 is 10.4 Å². The summed E-state index contributed by atoms with van der Waals surface area (Å²) < 4.78 is 24.1. The van der Waals surface area contributed by atoms with Gasteiger partial charge in [-0.25, -0.2) is 22.5 Å². The summed E-state index contributed by atoms with van der Waals surface area (Å²) in [4.78, 5) is 14.7. The van der Waals surface area contributed by atoms with Crippen molar-refractivity contribution in [3.8, 4) is 0 Å². The van der Waals surface area contributed by atoms with Gasteiger partial charge in [0.05, 0.1) is 11.3 Å². The van der Waals surface area contributed by atoms with Gasteiger partial charge in [0.1, 0.15) is 11.0 Å². The topological polar surface area (TPSA) is 99.6 Å². The van der Waals surface area contributed by atoms with E-state index in [0.29, 0.717) is 0 Å². The van der Waals surface area contributed by atoms with Crippen molar-refractivity contribution in [2.24, 2.45) is 0 Å². The Balaban J connectivity index is 2.71. The van der Waals surface area contributed by atoms with Crippen molar-refractivity contribution in [2.75, 3.05) is 31.7 Å². The molecule has 1 aromatic rings. The number of carbonyl (C=O) groups is 1. The second-order valence-electron chi connectivity index (χ2n) is 3.89. The second kappa shape index (κ2) is 6.18. The molecule has 19 heavy (non-hydrogen) atoms. The molecule has 0 aliphatic rings. The Kier molecular flexibility index (Phi) is 5.10. The average Bonchev–Trinajstić information content (AvgIpc) is 2.27. The second-order valence-corrected chi connectivity index (χ2v) is 6.58. The lowest BCUT2D eigenvalue weighted by molar-refractivity contribution is 0.0697. The first-order valence-corrected chi connectivity index (χ1v) is 7.26. The lowest BCUT2D eigenvalue weighted by Crippen LogP contribution is -2.28. The lowest BCUT2D eigenvalue weighted by atomic mass is 10.2. The number of carboxylic acid groups (broad SMARTS) is 1. The first kappa shape index (κ1) is 15.7. The number of aromatic carboxylic acids is 1. The summed E-state index contributed by atoms with van der Waals surface area (Å²) in [7, 11) is -0.431. The van der Waals surface area contributed by atoms with E-state index in [4.69, 9.17) is 16.7 Å². The first-order chi connectivity index (χ1) is 8.72. The molecule has 1 rings (SSSR count). The normalized spacial score (nSPS) is 11.6. The van der Waals surface area contributed by atoms with Crippen LogP contribution in [-0.4, -0.2) is 55.2 Å². The highest BCUT2D eigenvalue weighted by Gasteiger charge is 2.13. The highest BCUT2D eigenvalue weighted by Crippen LogP contribution is 2.14. The Labute approximate surface area is 116 Å². The van der Waals surface area contributed by atoms with Gasteiger partial charge in [-0.2, -0.15) is 0 Å². The smallest absolute Gasteiger partial charge is 0.335 e. The van der Waals surface area contributed by atoms with Crippen molar-refractivity contribution in [2.45, 2.75) is 0 Å². The summed E-state index contributed by atoms with van der Waals surface area (Å²) in [5.41, 5.74) is -0.0158. The van der Waals surface area contributed by atoms with E-state index >= 15 is 0 Å². The van der Waals surface area contributed by atoms with Crippen LogP contribution in [0.5, 0.6) is 0 Å². The fraction of sp³-hybridized carbons (Fsp3) is 0.400. The summed E-state index contributed by atoms with van der Waals surface area (Å²) in [6, 6.07) is 2.50. The highest BCUT2D eigenvalue weighted by molar-refractivity contribution is 7.89. The molecule has 7 nitrogen and oxygen atoms in total. The van der Waals surface area contributed by atoms with Gasteiger partial charge in [0, 0.05) is 20.6 Å². The van der Waals surface area contributed by atoms with E-state index in [2.05, 4.69) is 10.3 Å². The molecule has 9 heteroatoms. The molecule has 0 aliphatic carbocycles. The van der Waals surface area contributed by atoms with Crippen molar-refractivity contribution in [3.05, 3.63) is 22.8 Å². The van der Waals surface area contributed by atoms with E-state index in [1.54, 1.807) is 0 Å². The molecule has 0 radical (unpaired) electrons. The number of sulfonamides is 1. The fourth-order valence-electron chi connectivity index (χ4n) is 1.20. The van der Waals surface area contributed by atoms with Crippen molar-refractivity contribution in [3.63, 3.8) is 0 Å². The van der Waals surface area contributed by atoms with Gasteiger partial charge in [0.2, 0.25) is 10.0 Å². The lowest BCUT2D eigenvalue weighted by Gasteiger charge is -2.12. The van der Waals surface area contributed by atoms with Gasteiger partial charge in [0.15, 0.2) is 0 Å². The van der Waals surface area contributed by atoms with Crippen molar-refractivity contribution in [1.29, 1.82) is 0 Å². The molecule has 0 atom stereocenters. The predicted molar refractivity (Wildman–Crippen MR) is 72.2 cm³/mol. The van der Waals surface area contributed by atoms with Crippen LogP contribution in [0.1, 0.15) is 10.4 Å². The number of rotatable bonds is 6. The number of hydrogen-bond donors (Lipinski definition) is 2. The maximum atomic E-state index is 11.5. The van der Waals surface area contributed by atoms with Crippen molar-refractivity contribution < 1.29 is 18.3 Å². The SMILES string of the molecule is CN(C)S(=O)(=O)CCNc1cc(C(=O)O)cc(Cl)n1. The molecule has 0 unspecified atom stereocenters. The van der Waals surface area contributed by atoms with Gasteiger partial charge >= 0.3 is 5.97 Å². The van der Waals surface area contributed by atoms with Crippen LogP contribution in [0.3, 0.4) is 0 Å². The van der Waals surface area contributed by atoms with Crippen LogP contribution in [0.4, 0.5) is 5.82 Å². The van der Waals surface area contributed by atoms with Crippen LogP contribution in [-0.2, 0) is 10.0 Å². The third-order valence-corrected chi connectivity index (χ3v) is 4.29. The summed E-state index contributed by atoms with van der Waals surface area (Å²) in [6.07, 6.45) is 0. The Morgan fingerprint density at radius 2 is 2.11 bits per heavy atom. The van der Waals surface area contributed by atoms with E-state index in [9.17, 15) is 13.2 Å². The molecule has 2 N–H and O–H groups in total. The van der Waals surface area contributed by atoms with E-state index in [1.165, 1.54) is 26.2 Å². The van der Waals surface area contributed by atoms with E-state index in [-0.39, 0.29) is 28.8 Å². The molecule has 0 aromatic carbocycles. The number of halogens is 1. The first-order valence-electron chi connectivity index (χ1n) is 5.27. The molecule has 1 aromatic heterocycles. The van der Waals surface area contributed by atoms with Gasteiger partial charge in [-0.3, -0.25) is 0 Å². The maximum Gasteiger partial charge on any atom is 0.335 e. The third kappa shape index (κ3) is 4.66. The number of anilines is 1. The Hall–Kier alpha value is -1.38. The fourth-order valence-corrected chi connectivity index (χ4v) is 2.14. The summed E-state index contributed by atoms with van der Waals surface area (Å²) in [5.74, 6) is -1.04. The minimum Gasteiger partial charge on any atom is -0.478 e. The molecule has 0 aliphatic heterocycles. The Bertz CT molecular complexity index is 574. The maximum absolute atomic E-state index is 11.5. The van der Waals surface area contributed by atoms with Crippen LogP contribution >= 0.6 is 11.6 Å². The Morgan fingerprint density at radius 3 is 2.63 bits per heavy atom. The number of nitrogens with one attached hydrogen (secondary N) is 1. The summed E-state index contributed by atoms with van der Waals surface area (Å²) >= 11 is 5.67. The van der Waals surface area contributed by atoms with Gasteiger partial charge in [-0.1, -0.05) is 11.6 Å². The quantitative estimate of drug-likeness (QED) is 0.752. The average molecular weight is 308 g/mol. The van der Waals surface area contributed by atoms with Crippen LogP contribution in [0.25, 0.3) is 0 Å². The number of hydrogen-bond acceptors (Lipinski definition) is 5. The van der Waals surface area contributed by atoms with Crippen LogP contribution in [0.2, 0.25) is 5.15 Å². The zero-order chi connectivity index (χ0) is 14.6. The zero-order valence-corrected chi connectivity index (χ0v) is 12.0. The molecule has 1 heterocycles. The minimum absolute atomic E-state index is 0.0158. The number of aromatic nitrogens is 1. The standard InChI is InChI=1S/C10H14ClN3O4S/c1-14(2)19(17,18)4-3-12-9-6-7(10(15)16)5-8(11)13-9/h5-6H,3-4H2,1-2H3,(H,12,13)(H,15,16). The molecule has 106 valence electrons. The molecule has 0 fully saturated rings. The van der Waals surface area contributed by atoms with Gasteiger partial charge in [-0.15, -0.1) is 0 Å². The van der Waals surface area contributed by atoms with Gasteiger partial charge in [0.25, 0.3) is 0 Å². The summed E-state index contributed by atoms with van der Waals surface area (Å²) in [6.45, 7) is 0.104. The highest BCUT2D eigenvalue weighted by atomic mass is 35.5. The Morgan fingerprint density at radius 1 is 1.47 bits per heavy atom. The number of pyridine rings is 1. The van der Waals surface area contributed by atoms with E-state index < -0.39 is 16.0 Å². The zero-order valence-electron chi connectivity index (χ0n) is 10.4. The van der Waals surface area contributed by atoms with Crippen LogP contribution in [0.15, 0.2) is 12.1 Å². The third-order valence-electron chi connectivity index (χ3n) is 2.26. The van der Waals surface area contributed by atoms with Crippen LogP contribution < -0.4 is 5.32 Å². The molecular formula is C10H14ClN3O4S. The summed E-state index contributed by atoms with van der Waals surface area (Å²) in [5, 5.41) is 11.6. The molecule has 0 saturated carbocycles. The molecule has 0 spiro atoms. The monoisotopic (exact) mass is 307 g/mol. The largest absolute Gasteiger partial charge is 0.478 e. The van der Waals surface area contributed by atoms with Gasteiger partial charge in [-0.05, 0) is 12.1 Å². The molecule has 0 amide bonds. The van der Waals surface area contributed by atoms with E-state index in [1.807, 2.05) is 0 Å². The van der Waals surface area contributed by atoms with Crippen LogP contribution in [0, 0.1) is 0 Å².